The molecule has 0 heterocycles. The highest BCUT2D eigenvalue weighted by molar-refractivity contribution is 5.83. The Hall–Kier alpha value is -4.31. The van der Waals surface area contributed by atoms with Gasteiger partial charge in [0.25, 0.3) is 11.2 Å². The molecule has 0 radical (unpaired) electrons. The van der Waals surface area contributed by atoms with E-state index in [9.17, 15) is 35.9 Å². The summed E-state index contributed by atoms with van der Waals surface area (Å²) in [6, 6.07) is 15.3. The smallest absolute Gasteiger partial charge is 0.432 e. The van der Waals surface area contributed by atoms with Crippen LogP contribution in [0.25, 0.3) is 0 Å². The average Bonchev–Trinajstić information content (AvgIpc) is 3.42. The number of hydrogen-bond donors (Lipinski definition) is 0. The van der Waals surface area contributed by atoms with E-state index in [1.165, 1.54) is 61.7 Å². The van der Waals surface area contributed by atoms with Crippen molar-refractivity contribution in [2.75, 3.05) is 27.9 Å². The number of halogens is 9. The van der Waals surface area contributed by atoms with Crippen LogP contribution in [0, 0.1) is 11.3 Å². The number of fused-ring (bicyclic) bond motifs is 3. The highest BCUT2D eigenvalue weighted by atomic mass is 19.4. The molecule has 6 atom stereocenters. The van der Waals surface area contributed by atoms with Crippen molar-refractivity contribution >= 4 is 11.9 Å². The van der Waals surface area contributed by atoms with Gasteiger partial charge < -0.3 is 23.7 Å². The number of alkyl halides is 9. The van der Waals surface area contributed by atoms with E-state index in [0.29, 0.717) is 25.5 Å². The van der Waals surface area contributed by atoms with Crippen molar-refractivity contribution in [2.45, 2.75) is 61.0 Å². The van der Waals surface area contributed by atoms with E-state index in [1.807, 2.05) is 0 Å². The number of rotatable bonds is 10. The second-order valence-electron chi connectivity index (χ2n) is 12.5. The number of carbonyl (C=O) groups excluding carboxylic acids is 2. The quantitative estimate of drug-likeness (QED) is 0.154. The molecule has 0 N–H and O–H groups in total. The summed E-state index contributed by atoms with van der Waals surface area (Å²) in [5.41, 5.74) is -11.5. The van der Waals surface area contributed by atoms with Crippen LogP contribution < -0.4 is 4.74 Å². The number of methoxy groups -OCH3 is 3. The van der Waals surface area contributed by atoms with Crippen molar-refractivity contribution in [1.29, 1.82) is 0 Å². The Morgan fingerprint density at radius 2 is 1.25 bits per heavy atom. The SMILES string of the molecule is COc1ccc2c(c1)CC[C@]1(C(F)(F)F)[C@@H]2C[C@H](OC(=O)[C@@](OC)(c2ccccc2)C(F)(F)F)[C@@H]1COC(=O)[C@@](OC)(c1ccccc1)C(F)(F)F. The molecule has 3 aromatic rings. The summed E-state index contributed by atoms with van der Waals surface area (Å²) in [6.45, 7) is -1.44. The molecular weight excluding hydrogens is 715 g/mol. The summed E-state index contributed by atoms with van der Waals surface area (Å²) in [5.74, 6) is -7.71. The van der Waals surface area contributed by atoms with E-state index < -0.39 is 95.6 Å². The molecule has 16 heteroatoms. The van der Waals surface area contributed by atoms with Crippen LogP contribution in [0.5, 0.6) is 5.75 Å². The molecule has 0 aliphatic heterocycles. The molecule has 1 saturated carbocycles. The average molecular weight is 749 g/mol. The van der Waals surface area contributed by atoms with Crippen LogP contribution in [-0.4, -0.2) is 64.5 Å². The summed E-state index contributed by atoms with van der Waals surface area (Å²) >= 11 is 0. The molecule has 5 rings (SSSR count). The van der Waals surface area contributed by atoms with Gasteiger partial charge >= 0.3 is 30.5 Å². The number of hydrogen-bond acceptors (Lipinski definition) is 7. The molecule has 2 aliphatic rings. The van der Waals surface area contributed by atoms with Crippen molar-refractivity contribution in [3.05, 3.63) is 101 Å². The zero-order valence-corrected chi connectivity index (χ0v) is 27.8. The standard InChI is InChI=1S/C36H33F9O7/c1-48-24-14-15-25-21(18-24)16-17-31(34(37,38)39)26(25)19-28(52-30(47)33(50-3,36(43,44)45)23-12-8-5-9-13-23)27(31)20-51-29(46)32(49-2,35(40,41)42)22-10-6-4-7-11-22/h4-15,18,26-28H,16-17,19-20H2,1-3H3/t26-,27+,28+,31+,32+,33+/m1/s1. The predicted octanol–water partition coefficient (Wildman–Crippen LogP) is 7.96. The van der Waals surface area contributed by atoms with E-state index >= 15 is 13.2 Å². The van der Waals surface area contributed by atoms with Crippen LogP contribution in [-0.2, 0) is 46.2 Å². The Balaban J connectivity index is 1.63. The Bertz CT molecular complexity index is 1750. The maximum absolute atomic E-state index is 15.6. The van der Waals surface area contributed by atoms with Gasteiger partial charge in [0.15, 0.2) is 0 Å². The largest absolute Gasteiger partial charge is 0.497 e. The molecule has 1 fully saturated rings. The van der Waals surface area contributed by atoms with Gasteiger partial charge in [-0.2, -0.15) is 39.5 Å². The molecule has 0 unspecified atom stereocenters. The zero-order valence-electron chi connectivity index (χ0n) is 27.8. The molecule has 0 saturated heterocycles. The monoisotopic (exact) mass is 748 g/mol. The van der Waals surface area contributed by atoms with Gasteiger partial charge in [0, 0.05) is 37.2 Å². The minimum Gasteiger partial charge on any atom is -0.497 e. The van der Waals surface area contributed by atoms with Gasteiger partial charge in [-0.1, -0.05) is 66.7 Å². The van der Waals surface area contributed by atoms with Gasteiger partial charge in [-0.3, -0.25) is 0 Å². The summed E-state index contributed by atoms with van der Waals surface area (Å²) in [4.78, 5) is 27.2. The minimum absolute atomic E-state index is 0.113. The fourth-order valence-corrected chi connectivity index (χ4v) is 7.77. The first-order valence-corrected chi connectivity index (χ1v) is 15.8. The molecule has 0 spiro atoms. The third-order valence-electron chi connectivity index (χ3n) is 10.3. The van der Waals surface area contributed by atoms with Crippen LogP contribution in [0.4, 0.5) is 39.5 Å². The van der Waals surface area contributed by atoms with Crippen LogP contribution in [0.3, 0.4) is 0 Å². The maximum Gasteiger partial charge on any atom is 0.432 e. The third kappa shape index (κ3) is 6.06. The van der Waals surface area contributed by atoms with Gasteiger partial charge in [-0.15, -0.1) is 0 Å². The lowest BCUT2D eigenvalue weighted by Crippen LogP contribution is -2.55. The number of carbonyl (C=O) groups is 2. The van der Waals surface area contributed by atoms with Crippen LogP contribution >= 0.6 is 0 Å². The maximum atomic E-state index is 15.6. The lowest BCUT2D eigenvalue weighted by Gasteiger charge is -2.45. The summed E-state index contributed by atoms with van der Waals surface area (Å²) in [7, 11) is 2.47. The molecule has 3 aromatic carbocycles. The van der Waals surface area contributed by atoms with E-state index in [-0.39, 0.29) is 12.0 Å². The number of benzene rings is 3. The second kappa shape index (κ2) is 13.9. The fraction of sp³-hybridized carbons (Fsp3) is 0.444. The lowest BCUT2D eigenvalue weighted by atomic mass is 9.61. The van der Waals surface area contributed by atoms with Crippen molar-refractivity contribution < 1.29 is 72.8 Å². The van der Waals surface area contributed by atoms with E-state index in [0.717, 1.165) is 24.3 Å². The Morgan fingerprint density at radius 1 is 0.731 bits per heavy atom. The first-order valence-electron chi connectivity index (χ1n) is 15.8. The first kappa shape index (κ1) is 38.9. The molecule has 52 heavy (non-hydrogen) atoms. The molecular formula is C36H33F9O7. The molecule has 7 nitrogen and oxygen atoms in total. The van der Waals surface area contributed by atoms with E-state index in [1.54, 1.807) is 0 Å². The number of esters is 2. The van der Waals surface area contributed by atoms with Gasteiger partial charge in [0.1, 0.15) is 11.9 Å². The first-order chi connectivity index (χ1) is 24.4. The number of aryl methyl sites for hydroxylation is 1. The fourth-order valence-electron chi connectivity index (χ4n) is 7.77. The van der Waals surface area contributed by atoms with Crippen molar-refractivity contribution in [2.24, 2.45) is 11.3 Å². The lowest BCUT2D eigenvalue weighted by molar-refractivity contribution is -0.285. The van der Waals surface area contributed by atoms with Gasteiger partial charge in [-0.25, -0.2) is 9.59 Å². The van der Waals surface area contributed by atoms with Gasteiger partial charge in [0.2, 0.25) is 0 Å². The van der Waals surface area contributed by atoms with Crippen molar-refractivity contribution in [3.8, 4) is 5.75 Å². The van der Waals surface area contributed by atoms with Gasteiger partial charge in [-0.05, 0) is 42.5 Å². The molecule has 0 aromatic heterocycles. The van der Waals surface area contributed by atoms with Crippen LogP contribution in [0.15, 0.2) is 78.9 Å². The normalized spacial score (nSPS) is 24.1. The summed E-state index contributed by atoms with van der Waals surface area (Å²) in [5, 5.41) is 0. The molecule has 0 bridgehead atoms. The Morgan fingerprint density at radius 3 is 1.71 bits per heavy atom. The van der Waals surface area contributed by atoms with Crippen LogP contribution in [0.1, 0.15) is 41.0 Å². The molecule has 0 amide bonds. The summed E-state index contributed by atoms with van der Waals surface area (Å²) < 4.78 is 160. The Kier molecular flexibility index (Phi) is 10.4. The zero-order chi connectivity index (χ0) is 38.3. The van der Waals surface area contributed by atoms with Crippen molar-refractivity contribution in [1.82, 2.24) is 0 Å². The topological polar surface area (TPSA) is 80.3 Å². The van der Waals surface area contributed by atoms with Crippen LogP contribution in [0.2, 0.25) is 0 Å². The third-order valence-corrected chi connectivity index (χ3v) is 10.3. The number of ether oxygens (including phenoxy) is 5. The summed E-state index contributed by atoms with van der Waals surface area (Å²) in [6.07, 6.45) is -20.0. The second-order valence-corrected chi connectivity index (χ2v) is 12.5. The van der Waals surface area contributed by atoms with E-state index in [4.69, 9.17) is 23.7 Å². The van der Waals surface area contributed by atoms with Crippen molar-refractivity contribution in [3.63, 3.8) is 0 Å². The highest BCUT2D eigenvalue weighted by Crippen LogP contribution is 2.66. The van der Waals surface area contributed by atoms with Gasteiger partial charge in [0.05, 0.1) is 19.1 Å². The predicted molar refractivity (Wildman–Crippen MR) is 164 cm³/mol. The molecule has 282 valence electrons. The van der Waals surface area contributed by atoms with E-state index in [2.05, 4.69) is 0 Å². The Labute approximate surface area is 291 Å². The highest BCUT2D eigenvalue weighted by Gasteiger charge is 2.73. The molecule has 2 aliphatic carbocycles. The minimum atomic E-state index is -5.50.